The van der Waals surface area contributed by atoms with Crippen molar-refractivity contribution in [2.24, 2.45) is 0 Å². The fourth-order valence-electron chi connectivity index (χ4n) is 2.63. The molecule has 2 N–H and O–H groups in total. The van der Waals surface area contributed by atoms with Gasteiger partial charge in [0.25, 0.3) is 0 Å². The molecule has 1 aliphatic heterocycles. The highest BCUT2D eigenvalue weighted by atomic mass is 35.5. The van der Waals surface area contributed by atoms with Crippen LogP contribution in [0.4, 0.5) is 4.79 Å². The van der Waals surface area contributed by atoms with Gasteiger partial charge >= 0.3 is 6.03 Å². The molecule has 1 aliphatic rings. The molecule has 2 rings (SSSR count). The van der Waals surface area contributed by atoms with Crippen molar-refractivity contribution in [1.82, 2.24) is 10.6 Å². The molecule has 0 saturated heterocycles. The molecule has 1 atom stereocenters. The van der Waals surface area contributed by atoms with E-state index < -0.39 is 24.6 Å². The molecule has 0 spiro atoms. The Morgan fingerprint density at radius 3 is 2.60 bits per heavy atom. The van der Waals surface area contributed by atoms with E-state index in [9.17, 15) is 19.5 Å². The van der Waals surface area contributed by atoms with Gasteiger partial charge in [-0.05, 0) is 19.9 Å². The maximum atomic E-state index is 12.1. The molecule has 0 unspecified atom stereocenters. The summed E-state index contributed by atoms with van der Waals surface area (Å²) in [6.07, 6.45) is 0. The van der Waals surface area contributed by atoms with Gasteiger partial charge in [-0.15, -0.1) is 0 Å². The van der Waals surface area contributed by atoms with E-state index in [4.69, 9.17) is 21.1 Å². The van der Waals surface area contributed by atoms with Crippen LogP contribution in [-0.2, 0) is 9.59 Å². The maximum absolute atomic E-state index is 12.1. The second-order valence-corrected chi connectivity index (χ2v) is 5.75. The molecule has 1 aromatic carbocycles. The van der Waals surface area contributed by atoms with Crippen LogP contribution in [0.1, 0.15) is 25.5 Å². The number of rotatable bonds is 6. The van der Waals surface area contributed by atoms with E-state index in [0.29, 0.717) is 16.8 Å². The molecular weight excluding hydrogens is 352 g/mol. The zero-order chi connectivity index (χ0) is 18.7. The van der Waals surface area contributed by atoms with Crippen LogP contribution in [-0.4, -0.2) is 31.5 Å². The first kappa shape index (κ1) is 18.6. The van der Waals surface area contributed by atoms with Crippen LogP contribution in [0.2, 0.25) is 5.02 Å². The second kappa shape index (κ2) is 7.43. The number of carbonyl (C=O) groups is 3. The lowest BCUT2D eigenvalue weighted by molar-refractivity contribution is -0.307. The Labute approximate surface area is 148 Å². The van der Waals surface area contributed by atoms with Crippen molar-refractivity contribution < 1.29 is 29.0 Å². The number of ketones is 1. The molecule has 9 heteroatoms. The maximum Gasteiger partial charge on any atom is 0.319 e. The minimum absolute atomic E-state index is 0.0508. The molecule has 25 heavy (non-hydrogen) atoms. The Kier molecular flexibility index (Phi) is 5.53. The highest BCUT2D eigenvalue weighted by molar-refractivity contribution is 6.30. The molecule has 0 bridgehead atoms. The average Bonchev–Trinajstić information content (AvgIpc) is 2.51. The Morgan fingerprint density at radius 2 is 2.04 bits per heavy atom. The molecule has 1 aromatic rings. The zero-order valence-electron chi connectivity index (χ0n) is 13.8. The molecule has 0 radical (unpaired) electrons. The molecule has 0 saturated carbocycles. The van der Waals surface area contributed by atoms with Crippen molar-refractivity contribution in [2.45, 2.75) is 19.9 Å². The van der Waals surface area contributed by atoms with Crippen LogP contribution in [0.25, 0.3) is 0 Å². The summed E-state index contributed by atoms with van der Waals surface area (Å²) in [5.41, 5.74) is 0.971. The third kappa shape index (κ3) is 4.03. The number of carbonyl (C=O) groups excluding carboxylic acids is 3. The van der Waals surface area contributed by atoms with Gasteiger partial charge < -0.3 is 30.0 Å². The van der Waals surface area contributed by atoms with Gasteiger partial charge in [0.2, 0.25) is 0 Å². The van der Waals surface area contributed by atoms with Gasteiger partial charge in [-0.1, -0.05) is 11.6 Å². The molecule has 0 aliphatic carbocycles. The fraction of sp³-hybridized carbons (Fsp3) is 0.312. The summed E-state index contributed by atoms with van der Waals surface area (Å²) in [5, 5.41) is 16.2. The summed E-state index contributed by atoms with van der Waals surface area (Å²) in [6, 6.07) is 1.51. The monoisotopic (exact) mass is 367 g/mol. The molecule has 2 amide bonds. The lowest BCUT2D eigenvalue weighted by Crippen LogP contribution is -2.45. The number of Topliss-reactive ketones (excluding diaryl/α,β-unsaturated/α-hetero) is 1. The van der Waals surface area contributed by atoms with E-state index in [1.54, 1.807) is 6.92 Å². The number of carboxylic acids is 1. The number of halogens is 1. The van der Waals surface area contributed by atoms with Gasteiger partial charge in [-0.3, -0.25) is 4.79 Å². The number of amides is 2. The van der Waals surface area contributed by atoms with E-state index in [1.165, 1.54) is 26.2 Å². The van der Waals surface area contributed by atoms with E-state index >= 15 is 0 Å². The van der Waals surface area contributed by atoms with Crippen molar-refractivity contribution in [3.63, 3.8) is 0 Å². The minimum Gasteiger partial charge on any atom is -0.546 e. The van der Waals surface area contributed by atoms with Crippen LogP contribution in [0, 0.1) is 0 Å². The van der Waals surface area contributed by atoms with Crippen molar-refractivity contribution in [2.75, 3.05) is 13.7 Å². The van der Waals surface area contributed by atoms with Gasteiger partial charge in [0.15, 0.2) is 17.3 Å². The average molecular weight is 368 g/mol. The van der Waals surface area contributed by atoms with Gasteiger partial charge in [0.1, 0.15) is 6.61 Å². The van der Waals surface area contributed by atoms with Gasteiger partial charge in [0.05, 0.1) is 19.1 Å². The zero-order valence-corrected chi connectivity index (χ0v) is 14.5. The van der Waals surface area contributed by atoms with E-state index in [-0.39, 0.29) is 22.3 Å². The summed E-state index contributed by atoms with van der Waals surface area (Å²) in [6.45, 7) is 2.21. The van der Waals surface area contributed by atoms with Crippen LogP contribution in [0.5, 0.6) is 11.5 Å². The van der Waals surface area contributed by atoms with Crippen LogP contribution < -0.4 is 25.2 Å². The van der Waals surface area contributed by atoms with Crippen molar-refractivity contribution in [1.29, 1.82) is 0 Å². The number of hydrogen-bond acceptors (Lipinski definition) is 6. The largest absolute Gasteiger partial charge is 0.546 e. The summed E-state index contributed by atoms with van der Waals surface area (Å²) >= 11 is 6.09. The first-order valence-electron chi connectivity index (χ1n) is 7.23. The van der Waals surface area contributed by atoms with E-state index in [1.807, 2.05) is 0 Å². The second-order valence-electron chi connectivity index (χ2n) is 5.31. The number of nitrogens with one attached hydrogen (secondary N) is 2. The number of carboxylic acid groups (broad SMARTS) is 1. The number of ether oxygens (including phenoxy) is 2. The third-order valence-electron chi connectivity index (χ3n) is 3.56. The van der Waals surface area contributed by atoms with Crippen molar-refractivity contribution >= 4 is 29.4 Å². The third-order valence-corrected chi connectivity index (χ3v) is 3.78. The SMILES string of the molecule is COc1cc(Cl)cc([C@H]2NC(=O)NC(C)=C2C(C)=O)c1OCC(=O)[O-]. The van der Waals surface area contributed by atoms with Gasteiger partial charge in [0, 0.05) is 27.9 Å². The highest BCUT2D eigenvalue weighted by Gasteiger charge is 2.32. The van der Waals surface area contributed by atoms with Gasteiger partial charge in [-0.25, -0.2) is 4.79 Å². The smallest absolute Gasteiger partial charge is 0.319 e. The summed E-state index contributed by atoms with van der Waals surface area (Å²) in [5.74, 6) is -1.50. The molecule has 134 valence electrons. The van der Waals surface area contributed by atoms with Crippen molar-refractivity contribution in [3.05, 3.63) is 34.0 Å². The van der Waals surface area contributed by atoms with Gasteiger partial charge in [-0.2, -0.15) is 0 Å². The van der Waals surface area contributed by atoms with E-state index in [0.717, 1.165) is 0 Å². The fourth-order valence-corrected chi connectivity index (χ4v) is 2.85. The predicted molar refractivity (Wildman–Crippen MR) is 86.3 cm³/mol. The number of methoxy groups -OCH3 is 1. The molecule has 0 fully saturated rings. The Hall–Kier alpha value is -2.74. The summed E-state index contributed by atoms with van der Waals surface area (Å²) in [4.78, 5) is 34.7. The van der Waals surface area contributed by atoms with Crippen LogP contribution in [0.3, 0.4) is 0 Å². The Bertz CT molecular complexity index is 774. The summed E-state index contributed by atoms with van der Waals surface area (Å²) < 4.78 is 10.5. The molecule has 1 heterocycles. The Morgan fingerprint density at radius 1 is 1.36 bits per heavy atom. The number of allylic oxidation sites excluding steroid dienone is 1. The lowest BCUT2D eigenvalue weighted by Gasteiger charge is -2.30. The molecular formula is C16H16ClN2O6-. The topological polar surface area (TPSA) is 117 Å². The lowest BCUT2D eigenvalue weighted by atomic mass is 9.92. The summed E-state index contributed by atoms with van der Waals surface area (Å²) in [7, 11) is 1.36. The minimum atomic E-state index is -1.43. The highest BCUT2D eigenvalue weighted by Crippen LogP contribution is 2.41. The predicted octanol–water partition coefficient (Wildman–Crippen LogP) is 0.694. The quantitative estimate of drug-likeness (QED) is 0.764. The van der Waals surface area contributed by atoms with E-state index in [2.05, 4.69) is 10.6 Å². The number of urea groups is 1. The first-order chi connectivity index (χ1) is 11.7. The molecule has 0 aromatic heterocycles. The molecule has 8 nitrogen and oxygen atoms in total. The number of aliphatic carboxylic acids is 1. The Balaban J connectivity index is 2.64. The number of hydrogen-bond donors (Lipinski definition) is 2. The van der Waals surface area contributed by atoms with Crippen LogP contribution in [0.15, 0.2) is 23.4 Å². The normalized spacial score (nSPS) is 16.8. The standard InChI is InChI=1S/C16H17ClN2O6/c1-7-13(8(2)20)14(19-16(23)18-7)10-4-9(17)5-11(24-3)15(10)25-6-12(21)22/h4-5,14H,6H2,1-3H3,(H,21,22)(H2,18,19,23)/p-1/t14-/m1/s1. The van der Waals surface area contributed by atoms with Crippen molar-refractivity contribution in [3.8, 4) is 11.5 Å². The number of benzene rings is 1. The first-order valence-corrected chi connectivity index (χ1v) is 7.61. The van der Waals surface area contributed by atoms with Crippen LogP contribution >= 0.6 is 11.6 Å².